The molecule has 1 N–H and O–H groups in total. The number of aldehydes is 1. The first-order valence-corrected chi connectivity index (χ1v) is 5.24. The summed E-state index contributed by atoms with van der Waals surface area (Å²) >= 11 is 0. The number of hydrogen-bond acceptors (Lipinski definition) is 4. The second kappa shape index (κ2) is 6.52. The second-order valence-corrected chi connectivity index (χ2v) is 3.27. The molecule has 0 bridgehead atoms. The van der Waals surface area contributed by atoms with Crippen molar-refractivity contribution in [1.29, 1.82) is 0 Å². The van der Waals surface area contributed by atoms with Crippen molar-refractivity contribution in [1.82, 2.24) is 5.32 Å². The van der Waals surface area contributed by atoms with Crippen LogP contribution in [0.3, 0.4) is 0 Å². The zero-order valence-electron chi connectivity index (χ0n) is 9.86. The third-order valence-corrected chi connectivity index (χ3v) is 2.06. The van der Waals surface area contributed by atoms with Gasteiger partial charge in [-0.3, -0.25) is 9.59 Å². The summed E-state index contributed by atoms with van der Waals surface area (Å²) in [7, 11) is 1.49. The third-order valence-electron chi connectivity index (χ3n) is 2.06. The minimum absolute atomic E-state index is 0.105. The van der Waals surface area contributed by atoms with Gasteiger partial charge < -0.3 is 14.8 Å². The number of nitrogens with one attached hydrogen (secondary N) is 1. The molecule has 0 aromatic heterocycles. The van der Waals surface area contributed by atoms with E-state index in [0.29, 0.717) is 29.9 Å². The van der Waals surface area contributed by atoms with E-state index in [1.807, 2.05) is 6.92 Å². The molecule has 0 heterocycles. The van der Waals surface area contributed by atoms with E-state index >= 15 is 0 Å². The van der Waals surface area contributed by atoms with Gasteiger partial charge >= 0.3 is 0 Å². The lowest BCUT2D eigenvalue weighted by atomic mass is 10.2. The number of rotatable bonds is 6. The minimum Gasteiger partial charge on any atom is -0.493 e. The molecule has 1 amide bonds. The van der Waals surface area contributed by atoms with Crippen LogP contribution >= 0.6 is 0 Å². The zero-order valence-corrected chi connectivity index (χ0v) is 9.86. The van der Waals surface area contributed by atoms with Crippen molar-refractivity contribution in [3.05, 3.63) is 23.8 Å². The summed E-state index contributed by atoms with van der Waals surface area (Å²) in [6.45, 7) is 2.27. The number of carbonyl (C=O) groups excluding carboxylic acids is 2. The van der Waals surface area contributed by atoms with E-state index in [2.05, 4.69) is 5.32 Å². The molecule has 0 aliphatic heterocycles. The van der Waals surface area contributed by atoms with Crippen LogP contribution in [0.1, 0.15) is 17.3 Å². The van der Waals surface area contributed by atoms with Crippen molar-refractivity contribution >= 4 is 12.2 Å². The van der Waals surface area contributed by atoms with Crippen LogP contribution in [-0.2, 0) is 4.79 Å². The van der Waals surface area contributed by atoms with E-state index in [1.165, 1.54) is 13.2 Å². The largest absolute Gasteiger partial charge is 0.493 e. The Hall–Kier alpha value is -2.04. The number of likely N-dealkylation sites (N-methyl/N-ethyl adjacent to an activating group) is 1. The molecule has 1 aromatic carbocycles. The first-order valence-electron chi connectivity index (χ1n) is 5.24. The van der Waals surface area contributed by atoms with Crippen LogP contribution in [-0.4, -0.2) is 32.5 Å². The average Bonchev–Trinajstić information content (AvgIpc) is 2.36. The van der Waals surface area contributed by atoms with Crippen molar-refractivity contribution in [2.45, 2.75) is 6.92 Å². The minimum atomic E-state index is -0.217. The molecule has 0 unspecified atom stereocenters. The maximum atomic E-state index is 11.2. The predicted octanol–water partition coefficient (Wildman–Crippen LogP) is 1.02. The summed E-state index contributed by atoms with van der Waals surface area (Å²) < 4.78 is 10.4. The summed E-state index contributed by atoms with van der Waals surface area (Å²) in [5.74, 6) is 0.648. The average molecular weight is 237 g/mol. The lowest BCUT2D eigenvalue weighted by molar-refractivity contribution is -0.123. The number of benzene rings is 1. The van der Waals surface area contributed by atoms with Crippen LogP contribution in [0.5, 0.6) is 11.5 Å². The van der Waals surface area contributed by atoms with Crippen LogP contribution < -0.4 is 14.8 Å². The Balaban J connectivity index is 2.73. The van der Waals surface area contributed by atoms with Gasteiger partial charge in [-0.15, -0.1) is 0 Å². The van der Waals surface area contributed by atoms with Crippen LogP contribution in [0.2, 0.25) is 0 Å². The fourth-order valence-electron chi connectivity index (χ4n) is 1.27. The summed E-state index contributed by atoms with van der Waals surface area (Å²) in [5.41, 5.74) is 0.469. The Morgan fingerprint density at radius 1 is 1.41 bits per heavy atom. The van der Waals surface area contributed by atoms with Crippen LogP contribution in [0.25, 0.3) is 0 Å². The monoisotopic (exact) mass is 237 g/mol. The highest BCUT2D eigenvalue weighted by Gasteiger charge is 2.07. The highest BCUT2D eigenvalue weighted by Crippen LogP contribution is 2.27. The number of amides is 1. The molecule has 0 fully saturated rings. The van der Waals surface area contributed by atoms with Gasteiger partial charge in [0.1, 0.15) is 6.29 Å². The van der Waals surface area contributed by atoms with Gasteiger partial charge in [0.05, 0.1) is 7.11 Å². The van der Waals surface area contributed by atoms with Crippen molar-refractivity contribution < 1.29 is 19.1 Å². The summed E-state index contributed by atoms with van der Waals surface area (Å²) in [6, 6.07) is 4.77. The van der Waals surface area contributed by atoms with E-state index in [-0.39, 0.29) is 12.5 Å². The molecule has 1 rings (SSSR count). The Labute approximate surface area is 99.7 Å². The summed E-state index contributed by atoms with van der Waals surface area (Å²) in [6.07, 6.45) is 0.707. The van der Waals surface area contributed by atoms with E-state index in [4.69, 9.17) is 9.47 Å². The summed E-state index contributed by atoms with van der Waals surface area (Å²) in [4.78, 5) is 21.8. The van der Waals surface area contributed by atoms with Gasteiger partial charge in [0.25, 0.3) is 5.91 Å². The quantitative estimate of drug-likeness (QED) is 0.750. The summed E-state index contributed by atoms with van der Waals surface area (Å²) in [5, 5.41) is 2.61. The molecular weight excluding hydrogens is 222 g/mol. The van der Waals surface area contributed by atoms with Crippen LogP contribution in [0.15, 0.2) is 18.2 Å². The van der Waals surface area contributed by atoms with Crippen molar-refractivity contribution in [3.8, 4) is 11.5 Å². The molecule has 0 atom stereocenters. The molecule has 0 spiro atoms. The first kappa shape index (κ1) is 13.0. The predicted molar refractivity (Wildman–Crippen MR) is 62.6 cm³/mol. The Morgan fingerprint density at radius 3 is 2.76 bits per heavy atom. The van der Waals surface area contributed by atoms with Crippen molar-refractivity contribution in [3.63, 3.8) is 0 Å². The first-order chi connectivity index (χ1) is 8.21. The van der Waals surface area contributed by atoms with Crippen molar-refractivity contribution in [2.75, 3.05) is 20.3 Å². The van der Waals surface area contributed by atoms with Gasteiger partial charge in [0.2, 0.25) is 0 Å². The topological polar surface area (TPSA) is 64.6 Å². The molecule has 0 aliphatic carbocycles. The Morgan fingerprint density at radius 2 is 2.18 bits per heavy atom. The lowest BCUT2D eigenvalue weighted by Crippen LogP contribution is -2.28. The fourth-order valence-corrected chi connectivity index (χ4v) is 1.27. The van der Waals surface area contributed by atoms with Gasteiger partial charge in [-0.2, -0.15) is 0 Å². The van der Waals surface area contributed by atoms with E-state index in [1.54, 1.807) is 12.1 Å². The van der Waals surface area contributed by atoms with Crippen LogP contribution in [0.4, 0.5) is 0 Å². The molecule has 0 radical (unpaired) electrons. The standard InChI is InChI=1S/C12H15NO4/c1-3-13-12(15)8-17-11-6-9(7-14)4-5-10(11)16-2/h4-7H,3,8H2,1-2H3,(H,13,15). The number of hydrogen-bond donors (Lipinski definition) is 1. The fraction of sp³-hybridized carbons (Fsp3) is 0.333. The van der Waals surface area contributed by atoms with Crippen LogP contribution in [0, 0.1) is 0 Å². The lowest BCUT2D eigenvalue weighted by Gasteiger charge is -2.10. The van der Waals surface area contributed by atoms with Gasteiger partial charge in [0, 0.05) is 12.1 Å². The highest BCUT2D eigenvalue weighted by molar-refractivity contribution is 5.78. The van der Waals surface area contributed by atoms with Gasteiger partial charge in [-0.1, -0.05) is 0 Å². The molecule has 5 nitrogen and oxygen atoms in total. The molecule has 17 heavy (non-hydrogen) atoms. The highest BCUT2D eigenvalue weighted by atomic mass is 16.5. The van der Waals surface area contributed by atoms with Gasteiger partial charge in [-0.25, -0.2) is 0 Å². The molecule has 0 saturated heterocycles. The molecule has 92 valence electrons. The smallest absolute Gasteiger partial charge is 0.257 e. The number of carbonyl (C=O) groups is 2. The van der Waals surface area contributed by atoms with Gasteiger partial charge in [-0.05, 0) is 25.1 Å². The Bertz CT molecular complexity index is 403. The van der Waals surface area contributed by atoms with E-state index < -0.39 is 0 Å². The number of methoxy groups -OCH3 is 1. The molecule has 0 aliphatic rings. The van der Waals surface area contributed by atoms with E-state index in [9.17, 15) is 9.59 Å². The van der Waals surface area contributed by atoms with Gasteiger partial charge in [0.15, 0.2) is 18.1 Å². The third kappa shape index (κ3) is 3.79. The molecule has 1 aromatic rings. The molecule has 0 saturated carbocycles. The van der Waals surface area contributed by atoms with E-state index in [0.717, 1.165) is 0 Å². The zero-order chi connectivity index (χ0) is 12.7. The van der Waals surface area contributed by atoms with Crippen molar-refractivity contribution in [2.24, 2.45) is 0 Å². The molecule has 5 heteroatoms. The number of ether oxygens (including phenoxy) is 2. The maximum Gasteiger partial charge on any atom is 0.257 e. The SMILES string of the molecule is CCNC(=O)COc1cc(C=O)ccc1OC. The maximum absolute atomic E-state index is 11.2. The Kier molecular flexibility index (Phi) is 5.00. The molecular formula is C12H15NO4. The second-order valence-electron chi connectivity index (χ2n) is 3.27. The normalized spacial score (nSPS) is 9.53.